The summed E-state index contributed by atoms with van der Waals surface area (Å²) in [6.07, 6.45) is 3.04. The summed E-state index contributed by atoms with van der Waals surface area (Å²) in [6.45, 7) is 2.72. The normalized spacial score (nSPS) is 11.0. The van der Waals surface area contributed by atoms with Crippen molar-refractivity contribution < 1.29 is 14.0 Å². The number of halogens is 1. The molecule has 4 aromatic rings. The van der Waals surface area contributed by atoms with E-state index in [1.807, 2.05) is 24.4 Å². The average Bonchev–Trinajstić information content (AvgIpc) is 3.50. The lowest BCUT2D eigenvalue weighted by atomic mass is 10.3. The first-order valence-corrected chi connectivity index (χ1v) is 12.1. The molecule has 0 fully saturated rings. The fraction of sp³-hybridized carbons (Fsp3) is 0.227. The highest BCUT2D eigenvalue weighted by atomic mass is 32.2. The number of thiophene rings is 1. The summed E-state index contributed by atoms with van der Waals surface area (Å²) in [5.74, 6) is -0.569. The zero-order valence-corrected chi connectivity index (χ0v) is 19.4. The predicted molar refractivity (Wildman–Crippen MR) is 126 cm³/mol. The Morgan fingerprint density at radius 1 is 1.21 bits per heavy atom. The fourth-order valence-corrected chi connectivity index (χ4v) is 4.64. The van der Waals surface area contributed by atoms with Gasteiger partial charge in [-0.3, -0.25) is 9.59 Å². The van der Waals surface area contributed by atoms with Crippen molar-refractivity contribution in [3.05, 3.63) is 65.0 Å². The molecule has 0 spiro atoms. The van der Waals surface area contributed by atoms with Crippen molar-refractivity contribution >= 4 is 45.9 Å². The van der Waals surface area contributed by atoms with Crippen LogP contribution < -0.4 is 5.32 Å². The number of hydrogen-bond acceptors (Lipinski definition) is 7. The Hall–Kier alpha value is -3.31. The monoisotopic (exact) mass is 484 g/mol. The van der Waals surface area contributed by atoms with Gasteiger partial charge in [-0.2, -0.15) is 5.10 Å². The van der Waals surface area contributed by atoms with Crippen LogP contribution in [0.3, 0.4) is 0 Å². The summed E-state index contributed by atoms with van der Waals surface area (Å²) in [5.41, 5.74) is 1.23. The molecule has 0 saturated carbocycles. The van der Waals surface area contributed by atoms with Crippen LogP contribution in [0, 0.1) is 5.82 Å². The molecular weight excluding hydrogens is 463 g/mol. The second-order valence-corrected chi connectivity index (χ2v) is 9.00. The molecule has 11 heteroatoms. The maximum atomic E-state index is 13.2. The van der Waals surface area contributed by atoms with Crippen LogP contribution in [0.4, 0.5) is 4.39 Å². The van der Waals surface area contributed by atoms with Gasteiger partial charge in [0.15, 0.2) is 5.65 Å². The van der Waals surface area contributed by atoms with Crippen LogP contribution in [0.15, 0.2) is 59.3 Å². The number of carbonyl (C=O) groups excluding carboxylic acids is 2. The average molecular weight is 485 g/mol. The number of hydrogen-bond donors (Lipinski definition) is 1. The van der Waals surface area contributed by atoms with Gasteiger partial charge in [-0.15, -0.1) is 11.3 Å². The van der Waals surface area contributed by atoms with E-state index in [0.717, 1.165) is 4.88 Å². The van der Waals surface area contributed by atoms with Gasteiger partial charge in [0.05, 0.1) is 36.1 Å². The van der Waals surface area contributed by atoms with E-state index < -0.39 is 0 Å². The van der Waals surface area contributed by atoms with Gasteiger partial charge >= 0.3 is 0 Å². The number of nitrogens with zero attached hydrogens (tertiary/aromatic N) is 5. The summed E-state index contributed by atoms with van der Waals surface area (Å²) in [4.78, 5) is 36.2. The van der Waals surface area contributed by atoms with Crippen LogP contribution in [0.5, 0.6) is 0 Å². The van der Waals surface area contributed by atoms with E-state index >= 15 is 0 Å². The third kappa shape index (κ3) is 5.55. The Balaban J connectivity index is 1.39. The fourth-order valence-electron chi connectivity index (χ4n) is 3.13. The van der Waals surface area contributed by atoms with E-state index in [4.69, 9.17) is 0 Å². The molecule has 1 aromatic carbocycles. The van der Waals surface area contributed by atoms with Crippen molar-refractivity contribution in [1.29, 1.82) is 0 Å². The molecule has 0 aliphatic heterocycles. The van der Waals surface area contributed by atoms with Gasteiger partial charge in [-0.1, -0.05) is 17.8 Å². The molecule has 3 aromatic heterocycles. The number of benzene rings is 1. The zero-order valence-electron chi connectivity index (χ0n) is 17.8. The predicted octanol–water partition coefficient (Wildman–Crippen LogP) is 3.27. The van der Waals surface area contributed by atoms with Crippen molar-refractivity contribution in [2.24, 2.45) is 0 Å². The maximum absolute atomic E-state index is 13.2. The molecule has 2 amide bonds. The Morgan fingerprint density at radius 3 is 2.76 bits per heavy atom. The molecule has 0 unspecified atom stereocenters. The van der Waals surface area contributed by atoms with Crippen molar-refractivity contribution in [3.63, 3.8) is 0 Å². The third-order valence-electron chi connectivity index (χ3n) is 4.84. The number of nitrogens with one attached hydrogen (secondary N) is 1. The van der Waals surface area contributed by atoms with Gasteiger partial charge in [-0.25, -0.2) is 19.0 Å². The summed E-state index contributed by atoms with van der Waals surface area (Å²) < 4.78 is 14.8. The topological polar surface area (TPSA) is 93.0 Å². The first-order valence-electron chi connectivity index (χ1n) is 10.2. The van der Waals surface area contributed by atoms with E-state index in [2.05, 4.69) is 20.4 Å². The van der Waals surface area contributed by atoms with Crippen LogP contribution in [0.25, 0.3) is 16.7 Å². The van der Waals surface area contributed by atoms with Gasteiger partial charge in [-0.05, 0) is 42.6 Å². The number of thioether (sulfide) groups is 1. The third-order valence-corrected chi connectivity index (χ3v) is 6.71. The molecule has 3 heterocycles. The van der Waals surface area contributed by atoms with E-state index in [1.54, 1.807) is 34.3 Å². The highest BCUT2D eigenvalue weighted by Crippen LogP contribution is 2.26. The quantitative estimate of drug-likeness (QED) is 0.290. The zero-order chi connectivity index (χ0) is 23.2. The van der Waals surface area contributed by atoms with Gasteiger partial charge in [0.1, 0.15) is 17.2 Å². The summed E-state index contributed by atoms with van der Waals surface area (Å²) in [6, 6.07) is 9.82. The summed E-state index contributed by atoms with van der Waals surface area (Å²) >= 11 is 2.83. The lowest BCUT2D eigenvalue weighted by Gasteiger charge is -2.20. The minimum absolute atomic E-state index is 0.00293. The molecule has 4 rings (SSSR count). The van der Waals surface area contributed by atoms with Crippen LogP contribution in [0.1, 0.15) is 11.8 Å². The molecule has 33 heavy (non-hydrogen) atoms. The molecule has 170 valence electrons. The number of rotatable bonds is 9. The van der Waals surface area contributed by atoms with Crippen molar-refractivity contribution in [1.82, 2.24) is 30.0 Å². The van der Waals surface area contributed by atoms with Gasteiger partial charge in [0.2, 0.25) is 11.8 Å². The highest BCUT2D eigenvalue weighted by molar-refractivity contribution is 8.00. The number of likely N-dealkylation sites (N-methyl/N-ethyl adjacent to an activating group) is 1. The molecule has 0 radical (unpaired) electrons. The van der Waals surface area contributed by atoms with Crippen molar-refractivity contribution in [2.75, 3.05) is 18.8 Å². The first kappa shape index (κ1) is 22.9. The molecule has 0 aliphatic rings. The Labute approximate surface area is 197 Å². The van der Waals surface area contributed by atoms with Crippen molar-refractivity contribution in [3.8, 4) is 5.69 Å². The minimum Gasteiger partial charge on any atom is -0.350 e. The van der Waals surface area contributed by atoms with Crippen molar-refractivity contribution in [2.45, 2.75) is 18.5 Å². The Morgan fingerprint density at radius 2 is 2.03 bits per heavy atom. The smallest absolute Gasteiger partial charge is 0.239 e. The van der Waals surface area contributed by atoms with Crippen LogP contribution in [0.2, 0.25) is 0 Å². The van der Waals surface area contributed by atoms with E-state index in [-0.39, 0.29) is 29.9 Å². The van der Waals surface area contributed by atoms with E-state index in [9.17, 15) is 14.0 Å². The molecule has 0 bridgehead atoms. The summed E-state index contributed by atoms with van der Waals surface area (Å²) in [5, 5.41) is 10.4. The number of amides is 2. The lowest BCUT2D eigenvalue weighted by molar-refractivity contribution is -0.133. The number of carbonyl (C=O) groups is 2. The lowest BCUT2D eigenvalue weighted by Crippen LogP contribution is -2.41. The Kier molecular flexibility index (Phi) is 7.30. The highest BCUT2D eigenvalue weighted by Gasteiger charge is 2.18. The van der Waals surface area contributed by atoms with E-state index in [1.165, 1.54) is 35.1 Å². The molecule has 0 aliphatic carbocycles. The van der Waals surface area contributed by atoms with Gasteiger partial charge in [0, 0.05) is 11.4 Å². The van der Waals surface area contributed by atoms with E-state index in [0.29, 0.717) is 34.8 Å². The van der Waals surface area contributed by atoms with Crippen LogP contribution in [-0.4, -0.2) is 55.3 Å². The second-order valence-electron chi connectivity index (χ2n) is 7.00. The SMILES string of the molecule is CCN(CC(=O)NCc1cccs1)C(=O)CSc1ncnc2c1cnn2-c1ccc(F)cc1. The minimum atomic E-state index is -0.333. The maximum Gasteiger partial charge on any atom is 0.239 e. The molecule has 8 nitrogen and oxygen atoms in total. The molecule has 1 N–H and O–H groups in total. The molecule has 0 saturated heterocycles. The number of fused-ring (bicyclic) bond motifs is 1. The number of aromatic nitrogens is 4. The standard InChI is InChI=1S/C22H21FN6O2S2/c1-2-28(12-19(30)24-10-17-4-3-9-32-17)20(31)13-33-22-18-11-27-29(21(18)25-14-26-22)16-7-5-15(23)6-8-16/h3-9,11,14H,2,10,12-13H2,1H3,(H,24,30). The first-order chi connectivity index (χ1) is 16.0. The molecular formula is C22H21FN6O2S2. The molecule has 0 atom stereocenters. The van der Waals surface area contributed by atoms with Crippen LogP contribution >= 0.6 is 23.1 Å². The Bertz CT molecular complexity index is 1240. The van der Waals surface area contributed by atoms with Crippen LogP contribution in [-0.2, 0) is 16.1 Å². The largest absolute Gasteiger partial charge is 0.350 e. The second kappa shape index (κ2) is 10.5. The van der Waals surface area contributed by atoms with Gasteiger partial charge < -0.3 is 10.2 Å². The van der Waals surface area contributed by atoms with Gasteiger partial charge in [0.25, 0.3) is 0 Å². The summed E-state index contributed by atoms with van der Waals surface area (Å²) in [7, 11) is 0.